The van der Waals surface area contributed by atoms with E-state index in [0.717, 1.165) is 16.5 Å². The summed E-state index contributed by atoms with van der Waals surface area (Å²) in [6.07, 6.45) is 0. The number of ether oxygens (including phenoxy) is 3. The van der Waals surface area contributed by atoms with E-state index in [1.165, 1.54) is 0 Å². The van der Waals surface area contributed by atoms with Crippen molar-refractivity contribution in [3.05, 3.63) is 137 Å². The Morgan fingerprint density at radius 1 is 0.950 bits per heavy atom. The maximum absolute atomic E-state index is 13.0. The zero-order chi connectivity index (χ0) is 27.6. The van der Waals surface area contributed by atoms with Gasteiger partial charge in [-0.05, 0) is 42.3 Å². The smallest absolute Gasteiger partial charge is 0.379 e. The molecule has 6 rings (SSSR count). The van der Waals surface area contributed by atoms with Crippen molar-refractivity contribution < 1.29 is 23.4 Å². The first-order valence-corrected chi connectivity index (χ1v) is 12.7. The van der Waals surface area contributed by atoms with Gasteiger partial charge in [-0.3, -0.25) is 0 Å². The van der Waals surface area contributed by atoms with Crippen LogP contribution >= 0.6 is 0 Å². The minimum atomic E-state index is -0.620. The van der Waals surface area contributed by atoms with Gasteiger partial charge in [0.15, 0.2) is 0 Å². The number of nitriles is 1. The van der Waals surface area contributed by atoms with Crippen molar-refractivity contribution in [2.24, 2.45) is 5.73 Å². The highest BCUT2D eigenvalue weighted by Gasteiger charge is 2.31. The number of hydrogen-bond acceptors (Lipinski definition) is 7. The molecule has 4 aromatic carbocycles. The molecule has 0 aliphatic carbocycles. The molecular weight excluding hydrogens is 504 g/mol. The summed E-state index contributed by atoms with van der Waals surface area (Å²) >= 11 is 0. The Bertz CT molecular complexity index is 1810. The Morgan fingerprint density at radius 3 is 2.55 bits per heavy atom. The molecule has 0 saturated heterocycles. The minimum absolute atomic E-state index is 0.00721. The van der Waals surface area contributed by atoms with Gasteiger partial charge in [0, 0.05) is 22.6 Å². The maximum Gasteiger partial charge on any atom is 0.379 e. The molecule has 0 bridgehead atoms. The number of aryl methyl sites for hydroxylation is 1. The molecule has 7 heteroatoms. The van der Waals surface area contributed by atoms with Crippen LogP contribution in [0.2, 0.25) is 0 Å². The number of furan rings is 1. The summed E-state index contributed by atoms with van der Waals surface area (Å²) in [5, 5.41) is 10.8. The fraction of sp³-hybridized carbons (Fsp3) is 0.0909. The molecule has 196 valence electrons. The summed E-state index contributed by atoms with van der Waals surface area (Å²) in [5.74, 6) is 0.335. The van der Waals surface area contributed by atoms with E-state index in [0.29, 0.717) is 34.8 Å². The SMILES string of the molecule is Cc1c(C(=O)Oc2ccc3c(c2)OC(N)=C(C#N)C3c2cccc(OCc3ccccc3)c2)oc2ccccc12. The fourth-order valence-electron chi connectivity index (χ4n) is 4.89. The number of nitrogens with zero attached hydrogens (tertiary/aromatic N) is 1. The van der Waals surface area contributed by atoms with Gasteiger partial charge in [0.2, 0.25) is 11.6 Å². The molecule has 0 spiro atoms. The highest BCUT2D eigenvalue weighted by molar-refractivity contribution is 5.96. The number of esters is 1. The van der Waals surface area contributed by atoms with Crippen LogP contribution in [0.25, 0.3) is 11.0 Å². The quantitative estimate of drug-likeness (QED) is 0.192. The van der Waals surface area contributed by atoms with Crippen LogP contribution in [0, 0.1) is 18.3 Å². The number of allylic oxidation sites excluding steroid dienone is 1. The molecule has 2 heterocycles. The first-order valence-electron chi connectivity index (χ1n) is 12.7. The lowest BCUT2D eigenvalue weighted by Gasteiger charge is -2.27. The molecule has 1 aliphatic rings. The van der Waals surface area contributed by atoms with E-state index in [9.17, 15) is 10.1 Å². The zero-order valence-electron chi connectivity index (χ0n) is 21.6. The van der Waals surface area contributed by atoms with E-state index >= 15 is 0 Å². The lowest BCUT2D eigenvalue weighted by Crippen LogP contribution is -2.21. The van der Waals surface area contributed by atoms with Crippen LogP contribution < -0.4 is 19.9 Å². The molecule has 0 fully saturated rings. The third kappa shape index (κ3) is 4.63. The zero-order valence-corrected chi connectivity index (χ0v) is 21.6. The van der Waals surface area contributed by atoms with Gasteiger partial charge in [0.1, 0.15) is 41.1 Å². The largest absolute Gasteiger partial charge is 0.489 e. The summed E-state index contributed by atoms with van der Waals surface area (Å²) in [7, 11) is 0. The number of fused-ring (bicyclic) bond motifs is 2. The molecule has 1 aromatic heterocycles. The number of hydrogen-bond donors (Lipinski definition) is 1. The molecular formula is C33H24N2O5. The topological polar surface area (TPSA) is 108 Å². The van der Waals surface area contributed by atoms with Gasteiger partial charge < -0.3 is 24.4 Å². The lowest BCUT2D eigenvalue weighted by atomic mass is 9.83. The average molecular weight is 529 g/mol. The maximum atomic E-state index is 13.0. The predicted octanol–water partition coefficient (Wildman–Crippen LogP) is 6.76. The molecule has 5 aromatic rings. The molecule has 0 saturated carbocycles. The van der Waals surface area contributed by atoms with Gasteiger partial charge in [0.05, 0.1) is 5.92 Å². The van der Waals surface area contributed by atoms with Crippen LogP contribution in [0.4, 0.5) is 0 Å². The van der Waals surface area contributed by atoms with E-state index in [4.69, 9.17) is 24.4 Å². The Labute approximate surface area is 230 Å². The molecule has 1 unspecified atom stereocenters. The molecule has 0 amide bonds. The normalized spacial score (nSPS) is 14.2. The summed E-state index contributed by atoms with van der Waals surface area (Å²) < 4.78 is 23.2. The van der Waals surface area contributed by atoms with Gasteiger partial charge in [-0.15, -0.1) is 0 Å². The number of para-hydroxylation sites is 1. The highest BCUT2D eigenvalue weighted by Crippen LogP contribution is 2.44. The average Bonchev–Trinajstić information content (AvgIpc) is 3.32. The second-order valence-corrected chi connectivity index (χ2v) is 9.41. The van der Waals surface area contributed by atoms with Gasteiger partial charge in [0.25, 0.3) is 0 Å². The van der Waals surface area contributed by atoms with Crippen LogP contribution in [-0.4, -0.2) is 5.97 Å². The van der Waals surface area contributed by atoms with Gasteiger partial charge in [-0.2, -0.15) is 5.26 Å². The van der Waals surface area contributed by atoms with Crippen molar-refractivity contribution in [2.45, 2.75) is 19.4 Å². The third-order valence-corrected chi connectivity index (χ3v) is 6.87. The number of nitrogens with two attached hydrogens (primary N) is 1. The summed E-state index contributed by atoms with van der Waals surface area (Å²) in [5.41, 5.74) is 10.4. The molecule has 7 nitrogen and oxygen atoms in total. The van der Waals surface area contributed by atoms with E-state index < -0.39 is 11.9 Å². The standard InChI is InChI=1S/C33H24N2O5/c1-20-25-12-5-6-13-28(25)39-31(20)33(36)38-24-14-15-26-29(17-24)40-32(35)27(18-34)30(26)22-10-7-11-23(16-22)37-19-21-8-3-2-4-9-21/h2-17,30H,19,35H2,1H3. The molecule has 40 heavy (non-hydrogen) atoms. The van der Waals surface area contributed by atoms with Crippen LogP contribution in [0.3, 0.4) is 0 Å². The fourth-order valence-corrected chi connectivity index (χ4v) is 4.89. The molecule has 1 aliphatic heterocycles. The van der Waals surface area contributed by atoms with Crippen molar-refractivity contribution in [3.63, 3.8) is 0 Å². The number of carbonyl (C=O) groups excluding carboxylic acids is 1. The number of carbonyl (C=O) groups is 1. The van der Waals surface area contributed by atoms with Crippen LogP contribution in [0.1, 0.15) is 38.7 Å². The van der Waals surface area contributed by atoms with Crippen molar-refractivity contribution in [2.75, 3.05) is 0 Å². The van der Waals surface area contributed by atoms with Crippen molar-refractivity contribution in [3.8, 4) is 23.3 Å². The number of rotatable bonds is 6. The van der Waals surface area contributed by atoms with Gasteiger partial charge in [-0.1, -0.05) is 66.7 Å². The second-order valence-electron chi connectivity index (χ2n) is 9.41. The Morgan fingerprint density at radius 2 is 1.75 bits per heavy atom. The van der Waals surface area contributed by atoms with Crippen LogP contribution in [0.15, 0.2) is 113 Å². The molecule has 1 atom stereocenters. The van der Waals surface area contributed by atoms with Crippen molar-refractivity contribution in [1.82, 2.24) is 0 Å². The Balaban J connectivity index is 1.28. The van der Waals surface area contributed by atoms with E-state index in [1.807, 2.05) is 79.7 Å². The van der Waals surface area contributed by atoms with Crippen LogP contribution in [0.5, 0.6) is 17.2 Å². The summed E-state index contributed by atoms with van der Waals surface area (Å²) in [6, 6.07) is 32.1. The minimum Gasteiger partial charge on any atom is -0.489 e. The summed E-state index contributed by atoms with van der Waals surface area (Å²) in [6.45, 7) is 2.23. The second kappa shape index (κ2) is 10.4. The number of benzene rings is 4. The molecule has 2 N–H and O–H groups in total. The predicted molar refractivity (Wildman–Crippen MR) is 149 cm³/mol. The Kier molecular flexibility index (Phi) is 6.43. The van der Waals surface area contributed by atoms with Crippen LogP contribution in [-0.2, 0) is 6.61 Å². The van der Waals surface area contributed by atoms with Crippen molar-refractivity contribution in [1.29, 1.82) is 5.26 Å². The van der Waals surface area contributed by atoms with E-state index in [2.05, 4.69) is 6.07 Å². The Hall–Kier alpha value is -5.48. The molecule has 0 radical (unpaired) electrons. The van der Waals surface area contributed by atoms with Gasteiger partial charge >= 0.3 is 5.97 Å². The van der Waals surface area contributed by atoms with Crippen molar-refractivity contribution >= 4 is 16.9 Å². The highest BCUT2D eigenvalue weighted by atomic mass is 16.5. The first kappa shape index (κ1) is 24.8. The van der Waals surface area contributed by atoms with Gasteiger partial charge in [-0.25, -0.2) is 4.79 Å². The third-order valence-electron chi connectivity index (χ3n) is 6.87. The van der Waals surface area contributed by atoms with E-state index in [1.54, 1.807) is 24.3 Å². The monoisotopic (exact) mass is 528 g/mol. The lowest BCUT2D eigenvalue weighted by molar-refractivity contribution is 0.0702. The summed E-state index contributed by atoms with van der Waals surface area (Å²) in [4.78, 5) is 13.0. The first-order chi connectivity index (χ1) is 19.5. The van der Waals surface area contributed by atoms with E-state index in [-0.39, 0.29) is 23.0 Å².